The van der Waals surface area contributed by atoms with Gasteiger partial charge in [-0.05, 0) is 25.8 Å². The second kappa shape index (κ2) is 5.08. The maximum atomic E-state index is 12.1. The fourth-order valence-electron chi connectivity index (χ4n) is 2.09. The van der Waals surface area contributed by atoms with E-state index in [0.29, 0.717) is 11.6 Å². The van der Waals surface area contributed by atoms with Gasteiger partial charge in [0.2, 0.25) is 0 Å². The Morgan fingerprint density at radius 3 is 2.86 bits per heavy atom. The molecule has 2 heterocycles. The average molecular weight is 289 g/mol. The number of anilines is 1. The van der Waals surface area contributed by atoms with Gasteiger partial charge in [0.15, 0.2) is 5.69 Å². The summed E-state index contributed by atoms with van der Waals surface area (Å²) in [6.45, 7) is 1.78. The Balaban J connectivity index is 1.78. The number of amides is 1. The zero-order chi connectivity index (χ0) is 15.0. The van der Waals surface area contributed by atoms with Crippen LogP contribution in [-0.4, -0.2) is 29.1 Å². The molecule has 1 amide bonds. The Bertz CT molecular complexity index is 697. The first-order valence-corrected chi connectivity index (χ1v) is 6.64. The third-order valence-electron chi connectivity index (χ3n) is 3.33. The summed E-state index contributed by atoms with van der Waals surface area (Å²) < 4.78 is 9.81. The minimum absolute atomic E-state index is 0.201. The fraction of sp³-hybridized carbons (Fsp3) is 0.357. The van der Waals surface area contributed by atoms with Crippen molar-refractivity contribution in [3.05, 3.63) is 35.0 Å². The number of methoxy groups -OCH3 is 1. The number of hydrogen-bond acceptors (Lipinski definition) is 5. The number of hydrogen-bond donors (Lipinski definition) is 2. The second-order valence-corrected chi connectivity index (χ2v) is 5.08. The number of carbonyl (C=O) groups excluding carboxylic acids is 2. The standard InChI is InChI=1S/C14H15N3O4/c1-7-5-9(12(15-7)14(19)20-2)16-13(18)10-6-11(21-17-10)8-3-4-8/h5-6,8,15H,3-4H2,1-2H3,(H,16,18). The second-order valence-electron chi connectivity index (χ2n) is 5.08. The van der Waals surface area contributed by atoms with Crippen LogP contribution in [-0.2, 0) is 4.74 Å². The highest BCUT2D eigenvalue weighted by atomic mass is 16.5. The van der Waals surface area contributed by atoms with E-state index in [2.05, 4.69) is 20.2 Å². The van der Waals surface area contributed by atoms with Crippen LogP contribution >= 0.6 is 0 Å². The number of esters is 1. The molecule has 1 fully saturated rings. The molecule has 1 saturated carbocycles. The predicted molar refractivity (Wildman–Crippen MR) is 73.3 cm³/mol. The van der Waals surface area contributed by atoms with Crippen LogP contribution < -0.4 is 5.32 Å². The molecule has 0 bridgehead atoms. The van der Waals surface area contributed by atoms with Crippen LogP contribution in [0.2, 0.25) is 0 Å². The molecule has 1 aliphatic rings. The van der Waals surface area contributed by atoms with Crippen molar-refractivity contribution in [3.63, 3.8) is 0 Å². The molecular weight excluding hydrogens is 274 g/mol. The predicted octanol–water partition coefficient (Wildman–Crippen LogP) is 2.23. The van der Waals surface area contributed by atoms with Crippen LogP contribution in [0.5, 0.6) is 0 Å². The molecule has 7 heteroatoms. The van der Waals surface area contributed by atoms with E-state index < -0.39 is 11.9 Å². The SMILES string of the molecule is COC(=O)c1[nH]c(C)cc1NC(=O)c1cc(C2CC2)on1. The van der Waals surface area contributed by atoms with E-state index in [1.807, 2.05) is 0 Å². The van der Waals surface area contributed by atoms with Crippen LogP contribution in [0.1, 0.15) is 51.2 Å². The van der Waals surface area contributed by atoms with Crippen LogP contribution in [0.3, 0.4) is 0 Å². The Morgan fingerprint density at radius 2 is 2.19 bits per heavy atom. The minimum atomic E-state index is -0.544. The minimum Gasteiger partial charge on any atom is -0.464 e. The van der Waals surface area contributed by atoms with Gasteiger partial charge in [0.25, 0.3) is 5.91 Å². The highest BCUT2D eigenvalue weighted by Crippen LogP contribution is 2.40. The van der Waals surface area contributed by atoms with Gasteiger partial charge < -0.3 is 19.6 Å². The molecule has 0 spiro atoms. The number of carbonyl (C=O) groups is 2. The highest BCUT2D eigenvalue weighted by Gasteiger charge is 2.29. The summed E-state index contributed by atoms with van der Waals surface area (Å²) >= 11 is 0. The summed E-state index contributed by atoms with van der Waals surface area (Å²) in [4.78, 5) is 26.6. The Labute approximate surface area is 120 Å². The summed E-state index contributed by atoms with van der Waals surface area (Å²) in [6.07, 6.45) is 2.14. The number of ether oxygens (including phenoxy) is 1. The molecule has 2 aromatic rings. The summed E-state index contributed by atoms with van der Waals surface area (Å²) in [5.74, 6) is 0.157. The monoisotopic (exact) mass is 289 g/mol. The summed E-state index contributed by atoms with van der Waals surface area (Å²) in [6, 6.07) is 3.30. The molecule has 0 atom stereocenters. The van der Waals surface area contributed by atoms with Crippen molar-refractivity contribution in [1.29, 1.82) is 0 Å². The summed E-state index contributed by atoms with van der Waals surface area (Å²) in [5, 5.41) is 6.40. The zero-order valence-corrected chi connectivity index (χ0v) is 11.7. The molecule has 7 nitrogen and oxygen atoms in total. The molecule has 0 radical (unpaired) electrons. The Hall–Kier alpha value is -2.57. The van der Waals surface area contributed by atoms with Crippen molar-refractivity contribution in [3.8, 4) is 0 Å². The molecular formula is C14H15N3O4. The number of nitrogens with zero attached hydrogens (tertiary/aromatic N) is 1. The average Bonchev–Trinajstić information content (AvgIpc) is 3.08. The van der Waals surface area contributed by atoms with Crippen LogP contribution in [0.25, 0.3) is 0 Å². The third kappa shape index (κ3) is 2.67. The van der Waals surface area contributed by atoms with Crippen molar-refractivity contribution in [2.45, 2.75) is 25.7 Å². The third-order valence-corrected chi connectivity index (χ3v) is 3.33. The van der Waals surface area contributed by atoms with Gasteiger partial charge in [-0.1, -0.05) is 5.16 Å². The van der Waals surface area contributed by atoms with E-state index in [1.165, 1.54) is 7.11 Å². The van der Waals surface area contributed by atoms with Gasteiger partial charge >= 0.3 is 5.97 Å². The van der Waals surface area contributed by atoms with Gasteiger partial charge in [-0.3, -0.25) is 4.79 Å². The maximum Gasteiger partial charge on any atom is 0.356 e. The molecule has 0 aliphatic heterocycles. The number of nitrogens with one attached hydrogen (secondary N) is 2. The smallest absolute Gasteiger partial charge is 0.356 e. The molecule has 110 valence electrons. The molecule has 2 N–H and O–H groups in total. The normalized spacial score (nSPS) is 14.0. The lowest BCUT2D eigenvalue weighted by atomic mass is 10.2. The molecule has 0 aromatic carbocycles. The molecule has 0 unspecified atom stereocenters. The van der Waals surface area contributed by atoms with Crippen LogP contribution in [0.15, 0.2) is 16.7 Å². The van der Waals surface area contributed by atoms with Crippen molar-refractivity contribution in [2.24, 2.45) is 0 Å². The lowest BCUT2D eigenvalue weighted by Gasteiger charge is -2.03. The fourth-order valence-corrected chi connectivity index (χ4v) is 2.09. The van der Waals surface area contributed by atoms with E-state index in [0.717, 1.165) is 24.3 Å². The number of aromatic amines is 1. The van der Waals surface area contributed by atoms with E-state index in [1.54, 1.807) is 19.1 Å². The zero-order valence-electron chi connectivity index (χ0n) is 11.7. The highest BCUT2D eigenvalue weighted by molar-refractivity contribution is 6.06. The molecule has 2 aromatic heterocycles. The largest absolute Gasteiger partial charge is 0.464 e. The topological polar surface area (TPSA) is 97.2 Å². The molecule has 1 aliphatic carbocycles. The van der Waals surface area contributed by atoms with Gasteiger partial charge in [-0.25, -0.2) is 4.79 Å². The quantitative estimate of drug-likeness (QED) is 0.841. The van der Waals surface area contributed by atoms with Gasteiger partial charge in [-0.15, -0.1) is 0 Å². The number of aryl methyl sites for hydroxylation is 1. The number of rotatable bonds is 4. The molecule has 21 heavy (non-hydrogen) atoms. The van der Waals surface area contributed by atoms with Gasteiger partial charge in [0, 0.05) is 17.7 Å². The number of H-pyrrole nitrogens is 1. The molecule has 3 rings (SSSR count). The van der Waals surface area contributed by atoms with Crippen molar-refractivity contribution in [2.75, 3.05) is 12.4 Å². The van der Waals surface area contributed by atoms with E-state index in [-0.39, 0.29) is 11.4 Å². The first kappa shape index (κ1) is 13.4. The van der Waals surface area contributed by atoms with Crippen LogP contribution in [0, 0.1) is 6.92 Å². The Morgan fingerprint density at radius 1 is 1.43 bits per heavy atom. The summed E-state index contributed by atoms with van der Waals surface area (Å²) in [5.41, 5.74) is 1.51. The summed E-state index contributed by atoms with van der Waals surface area (Å²) in [7, 11) is 1.28. The first-order chi connectivity index (χ1) is 10.1. The van der Waals surface area contributed by atoms with E-state index in [9.17, 15) is 9.59 Å². The maximum absolute atomic E-state index is 12.1. The number of aromatic nitrogens is 2. The van der Waals surface area contributed by atoms with Crippen molar-refractivity contribution in [1.82, 2.24) is 10.1 Å². The van der Waals surface area contributed by atoms with Crippen molar-refractivity contribution < 1.29 is 18.8 Å². The van der Waals surface area contributed by atoms with Crippen molar-refractivity contribution >= 4 is 17.6 Å². The van der Waals surface area contributed by atoms with Crippen LogP contribution in [0.4, 0.5) is 5.69 Å². The van der Waals surface area contributed by atoms with E-state index in [4.69, 9.17) is 4.52 Å². The first-order valence-electron chi connectivity index (χ1n) is 6.64. The molecule has 0 saturated heterocycles. The van der Waals surface area contributed by atoms with E-state index >= 15 is 0 Å². The lowest BCUT2D eigenvalue weighted by molar-refractivity contribution is 0.0596. The van der Waals surface area contributed by atoms with Gasteiger partial charge in [0.05, 0.1) is 12.8 Å². The Kier molecular flexibility index (Phi) is 3.25. The van der Waals surface area contributed by atoms with Gasteiger partial charge in [-0.2, -0.15) is 0 Å². The lowest BCUT2D eigenvalue weighted by Crippen LogP contribution is -2.15. The van der Waals surface area contributed by atoms with Gasteiger partial charge in [0.1, 0.15) is 11.5 Å².